The van der Waals surface area contributed by atoms with Gasteiger partial charge in [0.25, 0.3) is 0 Å². The Balaban J connectivity index is 0.990. The second-order valence-corrected chi connectivity index (χ2v) is 31.0. The van der Waals surface area contributed by atoms with Crippen molar-refractivity contribution in [2.45, 2.75) is 341 Å². The molecule has 0 spiro atoms. The van der Waals surface area contributed by atoms with Crippen molar-refractivity contribution in [2.75, 3.05) is 59.5 Å². The lowest BCUT2D eigenvalue weighted by Gasteiger charge is -2.51. The predicted molar refractivity (Wildman–Crippen MR) is 375 cm³/mol. The summed E-state index contributed by atoms with van der Waals surface area (Å²) in [5.41, 5.74) is 0. The van der Waals surface area contributed by atoms with Crippen LogP contribution in [0.15, 0.2) is 0 Å². The summed E-state index contributed by atoms with van der Waals surface area (Å²) < 4.78 is 112. The van der Waals surface area contributed by atoms with Crippen LogP contribution in [-0.4, -0.2) is 528 Å². The maximum atomic E-state index is 13.3. The van der Waals surface area contributed by atoms with E-state index in [1.807, 2.05) is 0 Å². The van der Waals surface area contributed by atoms with E-state index >= 15 is 0 Å². The first-order valence-corrected chi connectivity index (χ1v) is 39.0. The van der Waals surface area contributed by atoms with E-state index in [1.165, 1.54) is 6.92 Å². The molecule has 0 aromatic carbocycles. The molecule has 10 heterocycles. The Labute approximate surface area is 691 Å². The number of rotatable bonds is 31. The zero-order valence-corrected chi connectivity index (χ0v) is 65.7. The van der Waals surface area contributed by atoms with Gasteiger partial charge in [-0.1, -0.05) is 0 Å². The van der Waals surface area contributed by atoms with Gasteiger partial charge in [0, 0.05) is 27.7 Å². The average Bonchev–Trinajstić information content (AvgIpc) is 0.766. The first kappa shape index (κ1) is 100. The lowest BCUT2D eigenvalue weighted by Crippen LogP contribution is -2.71. The highest BCUT2D eigenvalue weighted by molar-refractivity contribution is 5.74. The third kappa shape index (κ3) is 22.2. The molecule has 4 amide bonds. The molecule has 50 atom stereocenters. The summed E-state index contributed by atoms with van der Waals surface area (Å²) >= 11 is 0. The maximum Gasteiger partial charge on any atom is 0.217 e. The molecule has 54 nitrogen and oxygen atoms in total. The fourth-order valence-corrected chi connectivity index (χ4v) is 15.7. The molecule has 10 aliphatic heterocycles. The van der Waals surface area contributed by atoms with Gasteiger partial charge in [-0.25, -0.2) is 0 Å². The molecule has 10 fully saturated rings. The Morgan fingerprint density at radius 3 is 0.943 bits per heavy atom. The molecule has 31 N–H and O–H groups in total. The molecule has 0 unspecified atom stereocenters. The summed E-state index contributed by atoms with van der Waals surface area (Å²) in [4.78, 5) is 51.2. The molecule has 122 heavy (non-hydrogen) atoms. The minimum Gasteiger partial charge on any atom is -0.394 e. The van der Waals surface area contributed by atoms with Gasteiger partial charge in [-0.15, -0.1) is 0 Å². The topological polar surface area (TPSA) is 838 Å². The van der Waals surface area contributed by atoms with Gasteiger partial charge in [0.05, 0.1) is 65.6 Å². The van der Waals surface area contributed by atoms with Gasteiger partial charge in [0.1, 0.15) is 238 Å². The molecule has 10 rings (SSSR count). The number of amides is 4. The second kappa shape index (κ2) is 43.6. The van der Waals surface area contributed by atoms with Crippen LogP contribution in [-0.2, 0) is 109 Å². The van der Waals surface area contributed by atoms with Gasteiger partial charge in [-0.05, 0) is 6.92 Å². The molecule has 0 aromatic heterocycles. The van der Waals surface area contributed by atoms with E-state index in [0.29, 0.717) is 0 Å². The number of ether oxygens (including phenoxy) is 19. The highest BCUT2D eigenvalue weighted by Crippen LogP contribution is 2.40. The minimum absolute atomic E-state index is 0.821. The van der Waals surface area contributed by atoms with Crippen molar-refractivity contribution in [3.63, 3.8) is 0 Å². The molecule has 0 radical (unpaired) electrons. The van der Waals surface area contributed by atoms with Crippen LogP contribution in [0.4, 0.5) is 0 Å². The van der Waals surface area contributed by atoms with Crippen LogP contribution in [0.25, 0.3) is 0 Å². The highest BCUT2D eigenvalue weighted by Gasteiger charge is 2.61. The van der Waals surface area contributed by atoms with Gasteiger partial charge in [0.15, 0.2) is 62.9 Å². The van der Waals surface area contributed by atoms with Gasteiger partial charge in [-0.3, -0.25) is 19.2 Å². The van der Waals surface area contributed by atoms with E-state index in [-0.39, 0.29) is 0 Å². The van der Waals surface area contributed by atoms with Crippen LogP contribution < -0.4 is 21.3 Å². The van der Waals surface area contributed by atoms with Gasteiger partial charge < -0.3 is 249 Å². The summed E-state index contributed by atoms with van der Waals surface area (Å²) in [7, 11) is 0. The Hall–Kier alpha value is -3.96. The number of carbonyl (C=O) groups is 4. The number of hydrogen-bond donors (Lipinski definition) is 31. The molecule has 0 bridgehead atoms. The molecule has 54 heteroatoms. The van der Waals surface area contributed by atoms with Crippen LogP contribution in [0.1, 0.15) is 34.6 Å². The number of nitrogens with one attached hydrogen (secondary N) is 4. The molecule has 0 aromatic rings. The molecule has 706 valence electrons. The lowest BCUT2D eigenvalue weighted by atomic mass is 9.93. The van der Waals surface area contributed by atoms with Gasteiger partial charge in [-0.2, -0.15) is 0 Å². The van der Waals surface area contributed by atoms with Crippen molar-refractivity contribution in [1.82, 2.24) is 21.3 Å². The number of carbonyl (C=O) groups excluding carboxylic acids is 4. The SMILES string of the molecule is CC(=O)N[C@@H]1[C@@H](O)[C@H](O[C@@H]2O[C@H](CO)[C@@H](O[C@@H]3O[C@H](CO[C@H]4O[C@H](CO[C@H]5O[C@H](CO)[C@@H](O)[C@H](O)[C@@H]5O)[C@@H](O)[C@H](O[C@H]5O[C@H](CO)[C@@H](O)[C@H](O)[C@@H]5O)[C@@H]4O)[C@@H](O)[C@H](O[C@H]4O[C@H](CO)[C@@H](O)[C@H](O)[C@@H]4O[C@@H]4O[C@H](CO)[C@@H](O[C@@H]5O[C@H](CO)[C@H](O)[C@H](O)[C@H]5NC(C)=O)[C@H](O)[C@H]4NC(C)=O)[C@@H]3O)[C@H](O)[C@H]2NC(C)=O)[C@@H](CO[C@@H]2O[C@@H](C)[C@@H](O)[C@@H](O)[C@@H]2O)O[C@H]1O. The van der Waals surface area contributed by atoms with E-state index in [4.69, 9.17) is 90.0 Å². The first-order valence-electron chi connectivity index (χ1n) is 39.0. The molecule has 10 aliphatic rings. The maximum absolute atomic E-state index is 13.3. The lowest BCUT2D eigenvalue weighted by molar-refractivity contribution is -0.398. The largest absolute Gasteiger partial charge is 0.394 e. The van der Waals surface area contributed by atoms with E-state index in [1.54, 1.807) is 0 Å². The normalized spacial score (nSPS) is 49.7. The standard InChI is InChI=1S/C68H114N4O50/c1-15-33(83)44(94)48(98)63(107-15)106-14-28-55(41(91)29(59(103)108-28)69-16(2)79)118-61-31(71-18(4)81)43(93)54(25(11-78)113-61)119-67-52(102)57(39(89)27(116-67)13-105-65-51(101)56(120-66-50(100)46(96)36(86)22(8-75)111-66)38(88)26(115-65)12-104-64-49(99)45(95)35(85)21(7-74)110-64)121-68-58(47(97)37(87)23(9-76)112-68)122-62-32(72-19(5)82)42(92)53(24(10-77)114-62)117-60-30(70-17(3)80)40(90)34(84)20(6-73)109-60/h15,20-68,73-78,83-103H,6-14H2,1-5H3,(H,69,79)(H,70,80)(H,71,81)(H,72,82)/t15-,20+,21+,22+,23+,24+,25+,26+,27+,28+,29+,30+,31+,32+,33+,34-,35+,36+,37+,38+,39+,40+,41+,42+,43+,44+,45-,46-,47-,48-,49-,50-,51-,52-,53+,54+,55+,56-,57-,58-,59+,60-,61-,62-,63+,64-,65-,66+,67-,68+/m0/s1. The summed E-state index contributed by atoms with van der Waals surface area (Å²) in [5, 5.41) is 311. The summed E-state index contributed by atoms with van der Waals surface area (Å²) in [6.07, 6.45) is -95.5. The van der Waals surface area contributed by atoms with Gasteiger partial charge in [0.2, 0.25) is 23.6 Å². The van der Waals surface area contributed by atoms with E-state index in [0.717, 1.165) is 27.7 Å². The zero-order chi connectivity index (χ0) is 89.8. The van der Waals surface area contributed by atoms with Crippen LogP contribution in [0.2, 0.25) is 0 Å². The van der Waals surface area contributed by atoms with Crippen LogP contribution in [0.5, 0.6) is 0 Å². The van der Waals surface area contributed by atoms with Crippen molar-refractivity contribution in [3.05, 3.63) is 0 Å². The van der Waals surface area contributed by atoms with Crippen LogP contribution >= 0.6 is 0 Å². The second-order valence-electron chi connectivity index (χ2n) is 31.0. The summed E-state index contributed by atoms with van der Waals surface area (Å²) in [6, 6.07) is -7.47. The van der Waals surface area contributed by atoms with Crippen LogP contribution in [0, 0.1) is 0 Å². The van der Waals surface area contributed by atoms with Crippen molar-refractivity contribution < 1.29 is 247 Å². The van der Waals surface area contributed by atoms with Crippen molar-refractivity contribution in [1.29, 1.82) is 0 Å². The average molecular weight is 1790 g/mol. The molecular formula is C68H114N4O50. The first-order chi connectivity index (χ1) is 57.6. The molecule has 0 aliphatic carbocycles. The minimum atomic E-state index is -2.63. The monoisotopic (exact) mass is 1790 g/mol. The zero-order valence-electron chi connectivity index (χ0n) is 65.7. The molecule has 10 saturated heterocycles. The number of aliphatic hydroxyl groups is 27. The third-order valence-electron chi connectivity index (χ3n) is 22.4. The predicted octanol–water partition coefficient (Wildman–Crippen LogP) is -21.2. The van der Waals surface area contributed by atoms with Crippen molar-refractivity contribution in [3.8, 4) is 0 Å². The quantitative estimate of drug-likeness (QED) is 0.0306. The Kier molecular flexibility index (Phi) is 35.8. The fraction of sp³-hybridized carbons (Fsp3) is 0.941. The van der Waals surface area contributed by atoms with Crippen molar-refractivity contribution >= 4 is 23.6 Å². The van der Waals surface area contributed by atoms with Crippen LogP contribution in [0.3, 0.4) is 0 Å². The van der Waals surface area contributed by atoms with E-state index in [2.05, 4.69) is 21.3 Å². The van der Waals surface area contributed by atoms with Crippen molar-refractivity contribution in [2.24, 2.45) is 0 Å². The third-order valence-corrected chi connectivity index (χ3v) is 22.4. The Morgan fingerprint density at radius 1 is 0.230 bits per heavy atom. The Morgan fingerprint density at radius 2 is 0.500 bits per heavy atom. The highest BCUT2D eigenvalue weighted by atomic mass is 16.8. The van der Waals surface area contributed by atoms with E-state index < -0.39 is 390 Å². The van der Waals surface area contributed by atoms with Gasteiger partial charge >= 0.3 is 0 Å². The molecular weight excluding hydrogens is 1670 g/mol. The molecule has 0 saturated carbocycles. The summed E-state index contributed by atoms with van der Waals surface area (Å²) in [5.74, 6) is -3.64. The summed E-state index contributed by atoms with van der Waals surface area (Å²) in [6.45, 7) is -4.60. The fourth-order valence-electron chi connectivity index (χ4n) is 15.7. The number of hydrogen-bond acceptors (Lipinski definition) is 50. The van der Waals surface area contributed by atoms with E-state index in [9.17, 15) is 157 Å². The smallest absolute Gasteiger partial charge is 0.217 e. The number of aliphatic hydroxyl groups excluding tert-OH is 27. The Bertz CT molecular complexity index is 3290.